The molecule has 0 atom stereocenters. The highest BCUT2D eigenvalue weighted by molar-refractivity contribution is 5.04. The molecule has 3 heteroatoms. The van der Waals surface area contributed by atoms with Gasteiger partial charge >= 0.3 is 0 Å². The lowest BCUT2D eigenvalue weighted by atomic mass is 10.1. The Morgan fingerprint density at radius 1 is 1.67 bits per heavy atom. The summed E-state index contributed by atoms with van der Waals surface area (Å²) in [5, 5.41) is 3.44. The summed E-state index contributed by atoms with van der Waals surface area (Å²) in [5.74, 6) is 0. The zero-order valence-electron chi connectivity index (χ0n) is 5.39. The van der Waals surface area contributed by atoms with Crippen molar-refractivity contribution >= 4 is 0 Å². The quantitative estimate of drug-likeness (QED) is 0.578. The van der Waals surface area contributed by atoms with Crippen molar-refractivity contribution in [3.8, 4) is 0 Å². The molecule has 0 aliphatic heterocycles. The summed E-state index contributed by atoms with van der Waals surface area (Å²) in [6, 6.07) is 1.51. The lowest BCUT2D eigenvalue weighted by Crippen LogP contribution is -2.08. The summed E-state index contributed by atoms with van der Waals surface area (Å²) < 4.78 is 17.3. The SMILES string of the molecule is CC(C)(F)c1ccon1. The highest BCUT2D eigenvalue weighted by atomic mass is 19.1. The first kappa shape index (κ1) is 6.26. The van der Waals surface area contributed by atoms with Gasteiger partial charge in [-0.2, -0.15) is 0 Å². The molecule has 0 spiro atoms. The number of hydrogen-bond acceptors (Lipinski definition) is 2. The molecule has 0 saturated carbocycles. The normalized spacial score (nSPS) is 11.9. The smallest absolute Gasteiger partial charge is 0.150 e. The first-order valence-corrected chi connectivity index (χ1v) is 2.70. The number of rotatable bonds is 1. The molecule has 1 heterocycles. The van der Waals surface area contributed by atoms with Crippen LogP contribution in [0.3, 0.4) is 0 Å². The fourth-order valence-electron chi connectivity index (χ4n) is 0.519. The van der Waals surface area contributed by atoms with Crippen molar-refractivity contribution < 1.29 is 8.91 Å². The molecule has 2 nitrogen and oxygen atoms in total. The fraction of sp³-hybridized carbons (Fsp3) is 0.500. The molecular formula is C6H8FNO. The third-order valence-electron chi connectivity index (χ3n) is 1.05. The van der Waals surface area contributed by atoms with E-state index in [0.29, 0.717) is 5.69 Å². The molecule has 1 aromatic rings. The third-order valence-corrected chi connectivity index (χ3v) is 1.05. The first-order valence-electron chi connectivity index (χ1n) is 2.70. The number of hydrogen-bond donors (Lipinski definition) is 0. The first-order chi connectivity index (χ1) is 4.11. The highest BCUT2D eigenvalue weighted by Crippen LogP contribution is 2.21. The summed E-state index contributed by atoms with van der Waals surface area (Å²) in [5.41, 5.74) is -1.05. The number of halogens is 1. The molecule has 0 unspecified atom stereocenters. The van der Waals surface area contributed by atoms with Gasteiger partial charge in [0.05, 0.1) is 0 Å². The van der Waals surface area contributed by atoms with Crippen molar-refractivity contribution in [1.29, 1.82) is 0 Å². The Morgan fingerprint density at radius 3 is 2.56 bits per heavy atom. The van der Waals surface area contributed by atoms with Crippen LogP contribution in [-0.2, 0) is 5.67 Å². The van der Waals surface area contributed by atoms with Crippen molar-refractivity contribution in [3.63, 3.8) is 0 Å². The number of aromatic nitrogens is 1. The minimum Gasteiger partial charge on any atom is -0.364 e. The van der Waals surface area contributed by atoms with Crippen molar-refractivity contribution in [2.45, 2.75) is 19.5 Å². The standard InChI is InChI=1S/C6H8FNO/c1-6(2,7)5-3-4-9-8-5/h3-4H,1-2H3. The summed E-state index contributed by atoms with van der Waals surface area (Å²) in [4.78, 5) is 0. The van der Waals surface area contributed by atoms with Crippen molar-refractivity contribution in [2.24, 2.45) is 0 Å². The van der Waals surface area contributed by atoms with Gasteiger partial charge in [-0.3, -0.25) is 0 Å². The average molecular weight is 129 g/mol. The van der Waals surface area contributed by atoms with E-state index in [1.54, 1.807) is 0 Å². The van der Waals surface area contributed by atoms with Crippen molar-refractivity contribution in [3.05, 3.63) is 18.0 Å². The maximum absolute atomic E-state index is 12.8. The molecule has 0 bridgehead atoms. The van der Waals surface area contributed by atoms with Crippen LogP contribution in [0.15, 0.2) is 16.9 Å². The van der Waals surface area contributed by atoms with Crippen LogP contribution in [0.2, 0.25) is 0 Å². The molecule has 0 aromatic carbocycles. The molecule has 0 aliphatic carbocycles. The van der Waals surface area contributed by atoms with Gasteiger partial charge in [0.1, 0.15) is 12.0 Å². The van der Waals surface area contributed by atoms with Crippen LogP contribution in [0, 0.1) is 0 Å². The van der Waals surface area contributed by atoms with E-state index < -0.39 is 5.67 Å². The molecule has 1 aromatic heterocycles. The van der Waals surface area contributed by atoms with E-state index in [0.717, 1.165) is 0 Å². The van der Waals surface area contributed by atoms with Crippen LogP contribution < -0.4 is 0 Å². The van der Waals surface area contributed by atoms with E-state index in [1.165, 1.54) is 26.2 Å². The van der Waals surface area contributed by atoms with E-state index in [4.69, 9.17) is 0 Å². The van der Waals surface area contributed by atoms with E-state index in [9.17, 15) is 4.39 Å². The molecule has 0 amide bonds. The second-order valence-corrected chi connectivity index (χ2v) is 2.36. The molecule has 0 aliphatic rings. The minimum atomic E-state index is -1.38. The van der Waals surface area contributed by atoms with Gasteiger partial charge in [0.25, 0.3) is 0 Å². The number of alkyl halides is 1. The van der Waals surface area contributed by atoms with E-state index >= 15 is 0 Å². The summed E-state index contributed by atoms with van der Waals surface area (Å²) in [6.45, 7) is 2.87. The third kappa shape index (κ3) is 1.28. The zero-order chi connectivity index (χ0) is 6.91. The van der Waals surface area contributed by atoms with Gasteiger partial charge in [-0.1, -0.05) is 5.16 Å². The van der Waals surface area contributed by atoms with Crippen LogP contribution in [-0.4, -0.2) is 5.16 Å². The van der Waals surface area contributed by atoms with Crippen LogP contribution in [0.4, 0.5) is 4.39 Å². The van der Waals surface area contributed by atoms with Crippen LogP contribution in [0.25, 0.3) is 0 Å². The Balaban J connectivity index is 2.90. The molecule has 9 heavy (non-hydrogen) atoms. The minimum absolute atomic E-state index is 0.336. The predicted octanol–water partition coefficient (Wildman–Crippen LogP) is 1.88. The van der Waals surface area contributed by atoms with Gasteiger partial charge in [-0.05, 0) is 13.8 Å². The lowest BCUT2D eigenvalue weighted by molar-refractivity contribution is 0.204. The Labute approximate surface area is 52.7 Å². The van der Waals surface area contributed by atoms with Gasteiger partial charge in [-0.25, -0.2) is 4.39 Å². The maximum atomic E-state index is 12.8. The molecule has 0 N–H and O–H groups in total. The van der Waals surface area contributed by atoms with Crippen LogP contribution in [0.1, 0.15) is 19.5 Å². The molecule has 1 rings (SSSR count). The Hall–Kier alpha value is -0.860. The van der Waals surface area contributed by atoms with Gasteiger partial charge < -0.3 is 4.52 Å². The lowest BCUT2D eigenvalue weighted by Gasteiger charge is -2.07. The maximum Gasteiger partial charge on any atom is 0.150 e. The summed E-state index contributed by atoms with van der Waals surface area (Å²) in [6.07, 6.45) is 1.36. The summed E-state index contributed by atoms with van der Waals surface area (Å²) >= 11 is 0. The summed E-state index contributed by atoms with van der Waals surface area (Å²) in [7, 11) is 0. The average Bonchev–Trinajstić information content (AvgIpc) is 2.08. The van der Waals surface area contributed by atoms with E-state index in [-0.39, 0.29) is 0 Å². The predicted molar refractivity (Wildman–Crippen MR) is 30.6 cm³/mol. The monoisotopic (exact) mass is 129 g/mol. The highest BCUT2D eigenvalue weighted by Gasteiger charge is 2.21. The van der Waals surface area contributed by atoms with E-state index in [2.05, 4.69) is 9.68 Å². The molecular weight excluding hydrogens is 121 g/mol. The van der Waals surface area contributed by atoms with Gasteiger partial charge in [0.2, 0.25) is 0 Å². The molecule has 50 valence electrons. The Morgan fingerprint density at radius 2 is 2.33 bits per heavy atom. The van der Waals surface area contributed by atoms with Gasteiger partial charge in [0, 0.05) is 6.07 Å². The van der Waals surface area contributed by atoms with Crippen molar-refractivity contribution in [2.75, 3.05) is 0 Å². The van der Waals surface area contributed by atoms with Crippen LogP contribution >= 0.6 is 0 Å². The largest absolute Gasteiger partial charge is 0.364 e. The zero-order valence-corrected chi connectivity index (χ0v) is 5.39. The second-order valence-electron chi connectivity index (χ2n) is 2.36. The van der Waals surface area contributed by atoms with Gasteiger partial charge in [0.15, 0.2) is 5.67 Å². The van der Waals surface area contributed by atoms with Gasteiger partial charge in [-0.15, -0.1) is 0 Å². The topological polar surface area (TPSA) is 26.0 Å². The second kappa shape index (κ2) is 1.83. The molecule has 0 radical (unpaired) electrons. The molecule has 0 saturated heterocycles. The fourth-order valence-corrected chi connectivity index (χ4v) is 0.519. The van der Waals surface area contributed by atoms with Crippen molar-refractivity contribution in [1.82, 2.24) is 5.16 Å². The van der Waals surface area contributed by atoms with E-state index in [1.807, 2.05) is 0 Å². The van der Waals surface area contributed by atoms with Crippen LogP contribution in [0.5, 0.6) is 0 Å². The number of nitrogens with zero attached hydrogens (tertiary/aromatic N) is 1. The Kier molecular flexibility index (Phi) is 1.27. The Bertz CT molecular complexity index is 175. The molecule has 0 fully saturated rings.